The average molecular weight is 282 g/mol. The van der Waals surface area contributed by atoms with Gasteiger partial charge in [-0.25, -0.2) is 0 Å². The maximum Gasteiger partial charge on any atom is 0.244 e. The Bertz CT molecular complexity index is 720. The van der Waals surface area contributed by atoms with E-state index in [1.165, 1.54) is 27.7 Å². The molecule has 1 aliphatic carbocycles. The monoisotopic (exact) mass is 282 g/mol. The normalized spacial score (nSPS) is 17.4. The second kappa shape index (κ2) is 5.40. The second-order valence-corrected chi connectivity index (χ2v) is 6.25. The molecule has 1 atom stereocenters. The standard InChI is InChI=1S/C18H22N2O/c1-11(2)9-17(21)19-13-7-8-16-15(10-13)14-6-4-5-12(3)18(14)20-16/h4-6,9,13,20H,7-8,10H2,1-3H3,(H,19,21)/t13-/m1/s1. The summed E-state index contributed by atoms with van der Waals surface area (Å²) < 4.78 is 0. The number of hydrogen-bond acceptors (Lipinski definition) is 1. The van der Waals surface area contributed by atoms with Crippen molar-refractivity contribution in [1.29, 1.82) is 0 Å². The van der Waals surface area contributed by atoms with E-state index in [0.717, 1.165) is 24.8 Å². The van der Waals surface area contributed by atoms with Crippen LogP contribution in [0, 0.1) is 6.92 Å². The first kappa shape index (κ1) is 13.9. The highest BCUT2D eigenvalue weighted by molar-refractivity contribution is 5.89. The maximum absolute atomic E-state index is 11.9. The summed E-state index contributed by atoms with van der Waals surface area (Å²) in [6.07, 6.45) is 4.60. The van der Waals surface area contributed by atoms with Crippen molar-refractivity contribution in [3.05, 3.63) is 46.7 Å². The number of amides is 1. The molecule has 0 saturated heterocycles. The molecule has 0 spiro atoms. The number of carbonyl (C=O) groups is 1. The fourth-order valence-electron chi connectivity index (χ4n) is 3.22. The van der Waals surface area contributed by atoms with Gasteiger partial charge in [0.15, 0.2) is 0 Å². The fourth-order valence-corrected chi connectivity index (χ4v) is 3.22. The van der Waals surface area contributed by atoms with Gasteiger partial charge < -0.3 is 10.3 Å². The number of H-pyrrole nitrogens is 1. The zero-order chi connectivity index (χ0) is 15.0. The molecule has 0 bridgehead atoms. The van der Waals surface area contributed by atoms with Crippen LogP contribution in [0.3, 0.4) is 0 Å². The number of rotatable bonds is 2. The largest absolute Gasteiger partial charge is 0.358 e. The predicted octanol–water partition coefficient (Wildman–Crippen LogP) is 3.42. The fraction of sp³-hybridized carbons (Fsp3) is 0.389. The van der Waals surface area contributed by atoms with E-state index in [2.05, 4.69) is 35.4 Å². The van der Waals surface area contributed by atoms with Crippen molar-refractivity contribution >= 4 is 16.8 Å². The van der Waals surface area contributed by atoms with Gasteiger partial charge in [0.2, 0.25) is 5.91 Å². The first-order valence-electron chi connectivity index (χ1n) is 7.59. The van der Waals surface area contributed by atoms with Gasteiger partial charge >= 0.3 is 0 Å². The molecule has 21 heavy (non-hydrogen) atoms. The van der Waals surface area contributed by atoms with Crippen molar-refractivity contribution in [3.8, 4) is 0 Å². The molecule has 3 heteroatoms. The van der Waals surface area contributed by atoms with Gasteiger partial charge in [0.25, 0.3) is 0 Å². The van der Waals surface area contributed by atoms with Crippen LogP contribution in [0.2, 0.25) is 0 Å². The number of carbonyl (C=O) groups excluding carboxylic acids is 1. The Hall–Kier alpha value is -2.03. The quantitative estimate of drug-likeness (QED) is 0.815. The Kier molecular flexibility index (Phi) is 3.58. The minimum Gasteiger partial charge on any atom is -0.358 e. The van der Waals surface area contributed by atoms with E-state index in [4.69, 9.17) is 0 Å². The number of hydrogen-bond donors (Lipinski definition) is 2. The molecule has 2 N–H and O–H groups in total. The van der Waals surface area contributed by atoms with Crippen molar-refractivity contribution in [2.24, 2.45) is 0 Å². The SMILES string of the molecule is CC(C)=CC(=O)N[C@@H]1CCc2[nH]c3c(C)cccc3c2C1. The lowest BCUT2D eigenvalue weighted by atomic mass is 9.91. The topological polar surface area (TPSA) is 44.9 Å². The van der Waals surface area contributed by atoms with Crippen molar-refractivity contribution < 1.29 is 4.79 Å². The number of nitrogens with one attached hydrogen (secondary N) is 2. The molecule has 0 saturated carbocycles. The summed E-state index contributed by atoms with van der Waals surface area (Å²) in [5.74, 6) is 0.0273. The van der Waals surface area contributed by atoms with Crippen LogP contribution in [0.1, 0.15) is 37.1 Å². The summed E-state index contributed by atoms with van der Waals surface area (Å²) in [5.41, 5.74) is 6.28. The Morgan fingerprint density at radius 1 is 1.38 bits per heavy atom. The molecular weight excluding hydrogens is 260 g/mol. The van der Waals surface area contributed by atoms with Crippen molar-refractivity contribution in [2.75, 3.05) is 0 Å². The predicted molar refractivity (Wildman–Crippen MR) is 86.4 cm³/mol. The third kappa shape index (κ3) is 2.73. The van der Waals surface area contributed by atoms with Gasteiger partial charge in [0.1, 0.15) is 0 Å². The van der Waals surface area contributed by atoms with Crippen LogP contribution in [0.25, 0.3) is 10.9 Å². The molecule has 1 aliphatic rings. The summed E-state index contributed by atoms with van der Waals surface area (Å²) in [4.78, 5) is 15.5. The molecule has 2 aromatic rings. The smallest absolute Gasteiger partial charge is 0.244 e. The molecule has 1 amide bonds. The zero-order valence-electron chi connectivity index (χ0n) is 12.9. The van der Waals surface area contributed by atoms with Crippen LogP contribution in [0.5, 0.6) is 0 Å². The summed E-state index contributed by atoms with van der Waals surface area (Å²) >= 11 is 0. The van der Waals surface area contributed by atoms with E-state index in [9.17, 15) is 4.79 Å². The number of benzene rings is 1. The molecule has 0 fully saturated rings. The minimum absolute atomic E-state index is 0.0273. The summed E-state index contributed by atoms with van der Waals surface area (Å²) in [5, 5.41) is 4.44. The average Bonchev–Trinajstić information content (AvgIpc) is 2.77. The van der Waals surface area contributed by atoms with Crippen molar-refractivity contribution in [1.82, 2.24) is 10.3 Å². The molecule has 1 heterocycles. The Labute approximate surface area is 125 Å². The van der Waals surface area contributed by atoms with Crippen LogP contribution in [-0.2, 0) is 17.6 Å². The number of aromatic amines is 1. The van der Waals surface area contributed by atoms with E-state index in [-0.39, 0.29) is 11.9 Å². The molecule has 3 nitrogen and oxygen atoms in total. The van der Waals surface area contributed by atoms with Gasteiger partial charge in [0, 0.05) is 28.7 Å². The third-order valence-electron chi connectivity index (χ3n) is 4.20. The third-order valence-corrected chi connectivity index (χ3v) is 4.20. The van der Waals surface area contributed by atoms with E-state index in [0.29, 0.717) is 0 Å². The van der Waals surface area contributed by atoms with Crippen molar-refractivity contribution in [2.45, 2.75) is 46.1 Å². The lowest BCUT2D eigenvalue weighted by molar-refractivity contribution is -0.117. The Morgan fingerprint density at radius 2 is 2.19 bits per heavy atom. The van der Waals surface area contributed by atoms with Gasteiger partial charge in [-0.1, -0.05) is 23.8 Å². The van der Waals surface area contributed by atoms with Gasteiger partial charge in [0.05, 0.1) is 0 Å². The van der Waals surface area contributed by atoms with E-state index in [1.807, 2.05) is 13.8 Å². The first-order valence-corrected chi connectivity index (χ1v) is 7.59. The summed E-state index contributed by atoms with van der Waals surface area (Å²) in [6.45, 7) is 6.03. The number of allylic oxidation sites excluding steroid dienone is 1. The Balaban J connectivity index is 1.85. The lowest BCUT2D eigenvalue weighted by Gasteiger charge is -2.23. The minimum atomic E-state index is 0.0273. The van der Waals surface area contributed by atoms with Crippen LogP contribution >= 0.6 is 0 Å². The van der Waals surface area contributed by atoms with Gasteiger partial charge in [-0.3, -0.25) is 4.79 Å². The van der Waals surface area contributed by atoms with E-state index < -0.39 is 0 Å². The first-order chi connectivity index (χ1) is 10.0. The number of para-hydroxylation sites is 1. The summed E-state index contributed by atoms with van der Waals surface area (Å²) in [6, 6.07) is 6.66. The van der Waals surface area contributed by atoms with Crippen LogP contribution < -0.4 is 5.32 Å². The highest BCUT2D eigenvalue weighted by Gasteiger charge is 2.23. The lowest BCUT2D eigenvalue weighted by Crippen LogP contribution is -2.37. The van der Waals surface area contributed by atoms with Crippen LogP contribution in [0.15, 0.2) is 29.8 Å². The number of fused-ring (bicyclic) bond motifs is 3. The second-order valence-electron chi connectivity index (χ2n) is 6.25. The van der Waals surface area contributed by atoms with Crippen LogP contribution in [-0.4, -0.2) is 16.9 Å². The number of aryl methyl sites for hydroxylation is 2. The molecule has 0 aliphatic heterocycles. The molecule has 0 radical (unpaired) electrons. The molecule has 3 rings (SSSR count). The van der Waals surface area contributed by atoms with Crippen LogP contribution in [0.4, 0.5) is 0 Å². The van der Waals surface area contributed by atoms with Gasteiger partial charge in [-0.05, 0) is 51.2 Å². The zero-order valence-corrected chi connectivity index (χ0v) is 12.9. The molecule has 1 aromatic carbocycles. The highest BCUT2D eigenvalue weighted by atomic mass is 16.1. The number of aromatic nitrogens is 1. The van der Waals surface area contributed by atoms with E-state index in [1.54, 1.807) is 6.08 Å². The highest BCUT2D eigenvalue weighted by Crippen LogP contribution is 2.30. The molecular formula is C18H22N2O. The summed E-state index contributed by atoms with van der Waals surface area (Å²) in [7, 11) is 0. The maximum atomic E-state index is 11.9. The van der Waals surface area contributed by atoms with Gasteiger partial charge in [-0.15, -0.1) is 0 Å². The Morgan fingerprint density at radius 3 is 2.95 bits per heavy atom. The molecule has 0 unspecified atom stereocenters. The molecule has 1 aromatic heterocycles. The van der Waals surface area contributed by atoms with Gasteiger partial charge in [-0.2, -0.15) is 0 Å². The van der Waals surface area contributed by atoms with Crippen molar-refractivity contribution in [3.63, 3.8) is 0 Å². The molecule has 110 valence electrons. The van der Waals surface area contributed by atoms with E-state index >= 15 is 0 Å².